The van der Waals surface area contributed by atoms with Crippen molar-refractivity contribution in [3.8, 4) is 5.75 Å². The Bertz CT molecular complexity index is 965. The zero-order chi connectivity index (χ0) is 18.1. The lowest BCUT2D eigenvalue weighted by Gasteiger charge is -2.37. The van der Waals surface area contributed by atoms with Gasteiger partial charge in [-0.05, 0) is 30.3 Å². The van der Waals surface area contributed by atoms with Crippen LogP contribution in [0, 0.1) is 0 Å². The minimum Gasteiger partial charge on any atom is -0.497 e. The van der Waals surface area contributed by atoms with E-state index in [4.69, 9.17) is 4.74 Å². The van der Waals surface area contributed by atoms with Crippen LogP contribution in [0.25, 0.3) is 10.9 Å². The lowest BCUT2D eigenvalue weighted by atomic mass is 9.99. The minimum absolute atomic E-state index is 0.0181. The molecular formula is C20H19N3O3. The van der Waals surface area contributed by atoms with Gasteiger partial charge in [-0.25, -0.2) is 0 Å². The van der Waals surface area contributed by atoms with Crippen LogP contribution in [0.4, 0.5) is 5.69 Å². The number of carbonyl (C=O) groups excluding carboxylic acids is 2. The maximum Gasteiger partial charge on any atom is 0.251 e. The number of likely N-dealkylation sites (tertiary alicyclic amines) is 1. The summed E-state index contributed by atoms with van der Waals surface area (Å²) in [5, 5.41) is 3.79. The van der Waals surface area contributed by atoms with Crippen LogP contribution in [-0.2, 0) is 9.59 Å². The molecule has 132 valence electrons. The number of para-hydroxylation sites is 1. The lowest BCUT2D eigenvalue weighted by molar-refractivity contribution is -0.147. The van der Waals surface area contributed by atoms with Crippen molar-refractivity contribution in [3.63, 3.8) is 0 Å². The van der Waals surface area contributed by atoms with E-state index < -0.39 is 6.04 Å². The van der Waals surface area contributed by atoms with Crippen LogP contribution in [0.1, 0.15) is 18.0 Å². The fourth-order valence-electron chi connectivity index (χ4n) is 3.26. The molecule has 1 aromatic heterocycles. The third-order valence-corrected chi connectivity index (χ3v) is 4.70. The predicted molar refractivity (Wildman–Crippen MR) is 99.0 cm³/mol. The van der Waals surface area contributed by atoms with E-state index in [0.717, 1.165) is 16.5 Å². The number of nitrogens with one attached hydrogen (secondary N) is 2. The van der Waals surface area contributed by atoms with E-state index >= 15 is 0 Å². The van der Waals surface area contributed by atoms with Crippen LogP contribution in [-0.4, -0.2) is 35.4 Å². The summed E-state index contributed by atoms with van der Waals surface area (Å²) in [6.45, 7) is 0.572. The van der Waals surface area contributed by atoms with E-state index in [-0.39, 0.29) is 11.8 Å². The highest BCUT2D eigenvalue weighted by Gasteiger charge is 2.38. The zero-order valence-corrected chi connectivity index (χ0v) is 14.4. The van der Waals surface area contributed by atoms with Crippen molar-refractivity contribution < 1.29 is 14.3 Å². The molecule has 1 aliphatic heterocycles. The maximum absolute atomic E-state index is 13.0. The van der Waals surface area contributed by atoms with Crippen LogP contribution in [0.2, 0.25) is 0 Å². The van der Waals surface area contributed by atoms with E-state index in [1.54, 1.807) is 18.2 Å². The molecule has 4 rings (SSSR count). The predicted octanol–water partition coefficient (Wildman–Crippen LogP) is 3.09. The SMILES string of the molecule is COc1ccc2[nH]cc(C(C(=O)Nc3ccccc3)N3CCC3=O)c2c1. The molecule has 1 aliphatic rings. The largest absolute Gasteiger partial charge is 0.497 e. The second-order valence-electron chi connectivity index (χ2n) is 6.25. The summed E-state index contributed by atoms with van der Waals surface area (Å²) in [7, 11) is 1.60. The first-order valence-corrected chi connectivity index (χ1v) is 8.48. The number of fused-ring (bicyclic) bond motifs is 1. The number of ether oxygens (including phenoxy) is 1. The molecule has 6 nitrogen and oxygen atoms in total. The van der Waals surface area contributed by atoms with Crippen molar-refractivity contribution in [2.45, 2.75) is 12.5 Å². The third-order valence-electron chi connectivity index (χ3n) is 4.70. The lowest BCUT2D eigenvalue weighted by Crippen LogP contribution is -2.49. The number of rotatable bonds is 5. The Hall–Kier alpha value is -3.28. The van der Waals surface area contributed by atoms with Crippen LogP contribution < -0.4 is 10.1 Å². The average molecular weight is 349 g/mol. The second kappa shape index (κ2) is 6.55. The molecule has 1 saturated heterocycles. The summed E-state index contributed by atoms with van der Waals surface area (Å²) in [4.78, 5) is 29.9. The topological polar surface area (TPSA) is 74.4 Å². The van der Waals surface area contributed by atoms with Gasteiger partial charge in [0.05, 0.1) is 7.11 Å². The number of amides is 2. The molecule has 2 aromatic carbocycles. The summed E-state index contributed by atoms with van der Waals surface area (Å²) in [6, 6.07) is 14.2. The van der Waals surface area contributed by atoms with Gasteiger partial charge in [0.2, 0.25) is 5.91 Å². The molecule has 1 unspecified atom stereocenters. The Labute approximate surface area is 150 Å². The first-order chi connectivity index (χ1) is 12.7. The second-order valence-corrected chi connectivity index (χ2v) is 6.25. The molecule has 0 aliphatic carbocycles. The van der Waals surface area contributed by atoms with Crippen molar-refractivity contribution in [3.05, 3.63) is 60.3 Å². The molecule has 3 aromatic rings. The standard InChI is InChI=1S/C20H19N3O3/c1-26-14-7-8-17-15(11-14)16(12-21-17)19(23-10-9-18(23)24)20(25)22-13-5-3-2-4-6-13/h2-8,11-12,19,21H,9-10H2,1H3,(H,22,25). The molecule has 2 heterocycles. The minimum atomic E-state index is -0.683. The maximum atomic E-state index is 13.0. The fraction of sp³-hybridized carbons (Fsp3) is 0.200. The molecule has 26 heavy (non-hydrogen) atoms. The van der Waals surface area contributed by atoms with Gasteiger partial charge in [0.1, 0.15) is 11.8 Å². The number of nitrogens with zero attached hydrogens (tertiary/aromatic N) is 1. The molecule has 2 N–H and O–H groups in total. The third kappa shape index (κ3) is 2.79. The van der Waals surface area contributed by atoms with Crippen LogP contribution in [0.3, 0.4) is 0 Å². The first kappa shape index (κ1) is 16.2. The number of hydrogen-bond donors (Lipinski definition) is 2. The number of aromatic nitrogens is 1. The number of H-pyrrole nitrogens is 1. The molecule has 0 bridgehead atoms. The van der Waals surface area contributed by atoms with Crippen LogP contribution >= 0.6 is 0 Å². The summed E-state index contributed by atoms with van der Waals surface area (Å²) in [5.41, 5.74) is 2.36. The summed E-state index contributed by atoms with van der Waals surface area (Å²) in [5.74, 6) is 0.457. The highest BCUT2D eigenvalue weighted by Crippen LogP contribution is 2.34. The van der Waals surface area contributed by atoms with E-state index in [1.807, 2.05) is 48.5 Å². The van der Waals surface area contributed by atoms with Gasteiger partial charge in [0, 0.05) is 41.3 Å². The molecule has 2 amide bonds. The number of anilines is 1. The molecule has 1 atom stereocenters. The van der Waals surface area contributed by atoms with Gasteiger partial charge >= 0.3 is 0 Å². The number of aromatic amines is 1. The number of carbonyl (C=O) groups is 2. The van der Waals surface area contributed by atoms with Crippen molar-refractivity contribution in [1.82, 2.24) is 9.88 Å². The summed E-state index contributed by atoms with van der Waals surface area (Å²) < 4.78 is 5.31. The molecule has 1 fully saturated rings. The van der Waals surface area contributed by atoms with E-state index in [2.05, 4.69) is 10.3 Å². The Balaban J connectivity index is 1.74. The van der Waals surface area contributed by atoms with Gasteiger partial charge in [0.25, 0.3) is 5.91 Å². The van der Waals surface area contributed by atoms with E-state index in [1.165, 1.54) is 0 Å². The first-order valence-electron chi connectivity index (χ1n) is 8.48. The van der Waals surface area contributed by atoms with Gasteiger partial charge in [-0.3, -0.25) is 9.59 Å². The van der Waals surface area contributed by atoms with Gasteiger partial charge in [0.15, 0.2) is 0 Å². The normalized spacial score (nSPS) is 14.8. The van der Waals surface area contributed by atoms with E-state index in [9.17, 15) is 9.59 Å². The van der Waals surface area contributed by atoms with Gasteiger partial charge in [-0.15, -0.1) is 0 Å². The van der Waals surface area contributed by atoms with Crippen LogP contribution in [0.5, 0.6) is 5.75 Å². The molecule has 0 saturated carbocycles. The monoisotopic (exact) mass is 349 g/mol. The number of hydrogen-bond acceptors (Lipinski definition) is 3. The Morgan fingerprint density at radius 3 is 2.69 bits per heavy atom. The van der Waals surface area contributed by atoms with Crippen LogP contribution in [0.15, 0.2) is 54.7 Å². The molecule has 0 radical (unpaired) electrons. The summed E-state index contributed by atoms with van der Waals surface area (Å²) >= 11 is 0. The number of β-lactam (4-membered cyclic amide) rings is 1. The summed E-state index contributed by atoms with van der Waals surface area (Å²) in [6.07, 6.45) is 2.27. The van der Waals surface area contributed by atoms with Crippen molar-refractivity contribution >= 4 is 28.4 Å². The Morgan fingerprint density at radius 1 is 1.23 bits per heavy atom. The molecule has 6 heteroatoms. The molecular weight excluding hydrogens is 330 g/mol. The number of benzene rings is 2. The average Bonchev–Trinajstić information content (AvgIpc) is 3.08. The van der Waals surface area contributed by atoms with Crippen molar-refractivity contribution in [2.24, 2.45) is 0 Å². The van der Waals surface area contributed by atoms with Gasteiger partial charge in [-0.2, -0.15) is 0 Å². The molecule has 0 spiro atoms. The quantitative estimate of drug-likeness (QED) is 0.695. The van der Waals surface area contributed by atoms with Gasteiger partial charge in [-0.1, -0.05) is 18.2 Å². The number of methoxy groups -OCH3 is 1. The highest BCUT2D eigenvalue weighted by molar-refractivity contribution is 6.02. The van der Waals surface area contributed by atoms with Crippen molar-refractivity contribution in [2.75, 3.05) is 19.0 Å². The van der Waals surface area contributed by atoms with Gasteiger partial charge < -0.3 is 19.9 Å². The van der Waals surface area contributed by atoms with Crippen molar-refractivity contribution in [1.29, 1.82) is 0 Å². The Kier molecular flexibility index (Phi) is 4.08. The Morgan fingerprint density at radius 2 is 2.04 bits per heavy atom. The smallest absolute Gasteiger partial charge is 0.251 e. The zero-order valence-electron chi connectivity index (χ0n) is 14.4. The fourth-order valence-corrected chi connectivity index (χ4v) is 3.26. The highest BCUT2D eigenvalue weighted by atomic mass is 16.5. The van der Waals surface area contributed by atoms with E-state index in [0.29, 0.717) is 24.4 Å².